The molecule has 2 heterocycles. The lowest BCUT2D eigenvalue weighted by atomic mass is 10.0. The highest BCUT2D eigenvalue weighted by atomic mass is 16.5. The van der Waals surface area contributed by atoms with Crippen LogP contribution < -0.4 is 10.5 Å². The van der Waals surface area contributed by atoms with Gasteiger partial charge < -0.3 is 10.5 Å². The van der Waals surface area contributed by atoms with Crippen LogP contribution in [-0.2, 0) is 12.8 Å². The molecule has 0 amide bonds. The molecule has 0 spiro atoms. The predicted molar refractivity (Wildman–Crippen MR) is 64.5 cm³/mol. The van der Waals surface area contributed by atoms with Crippen molar-refractivity contribution in [3.63, 3.8) is 0 Å². The number of methoxy groups -OCH3 is 1. The van der Waals surface area contributed by atoms with Crippen LogP contribution in [0.2, 0.25) is 0 Å². The third-order valence-electron chi connectivity index (χ3n) is 3.18. The normalized spacial score (nSPS) is 13.1. The van der Waals surface area contributed by atoms with Gasteiger partial charge in [-0.15, -0.1) is 10.2 Å². The van der Waals surface area contributed by atoms with E-state index in [1.54, 1.807) is 7.11 Å². The minimum atomic E-state index is 0.681. The van der Waals surface area contributed by atoms with Gasteiger partial charge in [-0.05, 0) is 25.0 Å². The van der Waals surface area contributed by atoms with Crippen LogP contribution in [0, 0.1) is 6.92 Å². The standard InChI is InChI=1S/C12H14N4O/c1-7-14-15-12-4-3-8-5-9(13)11(17-2)6-10(8)16(7)12/h5-6H,3-4,13H2,1-2H3. The van der Waals surface area contributed by atoms with E-state index in [4.69, 9.17) is 10.5 Å². The first-order chi connectivity index (χ1) is 8.20. The fraction of sp³-hybridized carbons (Fsp3) is 0.333. The number of nitrogen functional groups attached to an aromatic ring is 1. The molecule has 0 saturated heterocycles. The van der Waals surface area contributed by atoms with Gasteiger partial charge in [-0.25, -0.2) is 0 Å². The van der Waals surface area contributed by atoms with Crippen molar-refractivity contribution in [2.24, 2.45) is 0 Å². The lowest BCUT2D eigenvalue weighted by Gasteiger charge is -2.20. The topological polar surface area (TPSA) is 66.0 Å². The monoisotopic (exact) mass is 230 g/mol. The molecule has 0 bridgehead atoms. The van der Waals surface area contributed by atoms with E-state index in [1.165, 1.54) is 5.56 Å². The quantitative estimate of drug-likeness (QED) is 0.749. The van der Waals surface area contributed by atoms with Crippen molar-refractivity contribution in [1.82, 2.24) is 14.8 Å². The van der Waals surface area contributed by atoms with Gasteiger partial charge in [0.1, 0.15) is 17.4 Å². The summed E-state index contributed by atoms with van der Waals surface area (Å²) < 4.78 is 7.33. The van der Waals surface area contributed by atoms with E-state index < -0.39 is 0 Å². The minimum Gasteiger partial charge on any atom is -0.495 e. The molecule has 5 heteroatoms. The molecule has 1 aliphatic rings. The fourth-order valence-corrected chi connectivity index (χ4v) is 2.35. The Bertz CT molecular complexity index is 588. The van der Waals surface area contributed by atoms with Gasteiger partial charge in [0.05, 0.1) is 18.5 Å². The molecule has 88 valence electrons. The Labute approximate surface area is 99.2 Å². The van der Waals surface area contributed by atoms with Crippen LogP contribution in [0.5, 0.6) is 5.75 Å². The largest absolute Gasteiger partial charge is 0.495 e. The highest BCUT2D eigenvalue weighted by Gasteiger charge is 2.21. The molecule has 1 aromatic heterocycles. The molecule has 1 aliphatic heterocycles. The van der Waals surface area contributed by atoms with Gasteiger partial charge >= 0.3 is 0 Å². The van der Waals surface area contributed by atoms with Crippen molar-refractivity contribution in [2.45, 2.75) is 19.8 Å². The number of fused-ring (bicyclic) bond motifs is 3. The van der Waals surface area contributed by atoms with Crippen molar-refractivity contribution in [2.75, 3.05) is 12.8 Å². The first kappa shape index (κ1) is 10.1. The number of aromatic nitrogens is 3. The Balaban J connectivity index is 2.27. The SMILES string of the molecule is COc1cc2c(cc1N)CCc1nnc(C)n1-2. The highest BCUT2D eigenvalue weighted by Crippen LogP contribution is 2.32. The molecular formula is C12H14N4O. The molecule has 0 atom stereocenters. The van der Waals surface area contributed by atoms with Crippen molar-refractivity contribution < 1.29 is 4.74 Å². The molecule has 0 unspecified atom stereocenters. The summed E-state index contributed by atoms with van der Waals surface area (Å²) in [6.07, 6.45) is 1.85. The lowest BCUT2D eigenvalue weighted by Crippen LogP contribution is -2.14. The Hall–Kier alpha value is -2.04. The van der Waals surface area contributed by atoms with Crippen molar-refractivity contribution in [3.05, 3.63) is 29.3 Å². The lowest BCUT2D eigenvalue weighted by molar-refractivity contribution is 0.416. The van der Waals surface area contributed by atoms with Gasteiger partial charge in [0.25, 0.3) is 0 Å². The molecule has 2 aromatic rings. The molecule has 17 heavy (non-hydrogen) atoms. The maximum Gasteiger partial charge on any atom is 0.143 e. The average molecular weight is 230 g/mol. The highest BCUT2D eigenvalue weighted by molar-refractivity contribution is 5.62. The number of hydrogen-bond acceptors (Lipinski definition) is 4. The molecule has 5 nitrogen and oxygen atoms in total. The van der Waals surface area contributed by atoms with E-state index in [0.29, 0.717) is 11.4 Å². The smallest absolute Gasteiger partial charge is 0.143 e. The van der Waals surface area contributed by atoms with Crippen LogP contribution >= 0.6 is 0 Å². The molecule has 0 fully saturated rings. The molecule has 0 aliphatic carbocycles. The van der Waals surface area contributed by atoms with Crippen LogP contribution in [0.15, 0.2) is 12.1 Å². The first-order valence-corrected chi connectivity index (χ1v) is 5.58. The van der Waals surface area contributed by atoms with E-state index in [2.05, 4.69) is 14.8 Å². The summed E-state index contributed by atoms with van der Waals surface area (Å²) >= 11 is 0. The maximum atomic E-state index is 5.92. The minimum absolute atomic E-state index is 0.681. The first-order valence-electron chi connectivity index (χ1n) is 5.58. The zero-order valence-electron chi connectivity index (χ0n) is 9.90. The van der Waals surface area contributed by atoms with Crippen molar-refractivity contribution >= 4 is 5.69 Å². The molecule has 1 aromatic carbocycles. The molecule has 2 N–H and O–H groups in total. The fourth-order valence-electron chi connectivity index (χ4n) is 2.35. The third-order valence-corrected chi connectivity index (χ3v) is 3.18. The number of hydrogen-bond donors (Lipinski definition) is 1. The van der Waals surface area contributed by atoms with Crippen molar-refractivity contribution in [3.8, 4) is 11.4 Å². The summed E-state index contributed by atoms with van der Waals surface area (Å²) in [7, 11) is 1.63. The maximum absolute atomic E-state index is 5.92. The molecule has 3 rings (SSSR count). The van der Waals surface area contributed by atoms with E-state index in [0.717, 1.165) is 30.2 Å². The number of ether oxygens (including phenoxy) is 1. The summed E-state index contributed by atoms with van der Waals surface area (Å²) in [6.45, 7) is 1.95. The second-order valence-corrected chi connectivity index (χ2v) is 4.22. The molecule has 0 radical (unpaired) electrons. The number of nitrogens with two attached hydrogens (primary N) is 1. The molecular weight excluding hydrogens is 216 g/mol. The van der Waals surface area contributed by atoms with Crippen LogP contribution in [0.1, 0.15) is 17.2 Å². The number of nitrogens with zero attached hydrogens (tertiary/aromatic N) is 3. The summed E-state index contributed by atoms with van der Waals surface area (Å²) in [5.74, 6) is 2.60. The van der Waals surface area contributed by atoms with E-state index >= 15 is 0 Å². The second kappa shape index (κ2) is 3.48. The van der Waals surface area contributed by atoms with Crippen LogP contribution in [-0.4, -0.2) is 21.9 Å². The zero-order valence-corrected chi connectivity index (χ0v) is 9.90. The van der Waals surface area contributed by atoms with E-state index in [1.807, 2.05) is 19.1 Å². The van der Waals surface area contributed by atoms with Gasteiger partial charge in [0, 0.05) is 12.5 Å². The van der Waals surface area contributed by atoms with E-state index in [9.17, 15) is 0 Å². The average Bonchev–Trinajstić information content (AvgIpc) is 2.70. The van der Waals surface area contributed by atoms with Crippen LogP contribution in [0.25, 0.3) is 5.69 Å². The number of anilines is 1. The number of benzene rings is 1. The van der Waals surface area contributed by atoms with Gasteiger partial charge in [-0.2, -0.15) is 0 Å². The van der Waals surface area contributed by atoms with Crippen LogP contribution in [0.3, 0.4) is 0 Å². The van der Waals surface area contributed by atoms with Gasteiger partial charge in [0.2, 0.25) is 0 Å². The Kier molecular flexibility index (Phi) is 2.07. The predicted octanol–water partition coefficient (Wildman–Crippen LogP) is 1.27. The Morgan fingerprint density at radius 1 is 1.29 bits per heavy atom. The third kappa shape index (κ3) is 1.39. The second-order valence-electron chi connectivity index (χ2n) is 4.22. The van der Waals surface area contributed by atoms with E-state index in [-0.39, 0.29) is 0 Å². The number of rotatable bonds is 1. The number of aryl methyl sites for hydroxylation is 3. The van der Waals surface area contributed by atoms with Crippen LogP contribution in [0.4, 0.5) is 5.69 Å². The van der Waals surface area contributed by atoms with Gasteiger partial charge in [0.15, 0.2) is 0 Å². The summed E-state index contributed by atoms with van der Waals surface area (Å²) in [4.78, 5) is 0. The Morgan fingerprint density at radius 2 is 2.12 bits per heavy atom. The summed E-state index contributed by atoms with van der Waals surface area (Å²) in [5, 5.41) is 8.29. The van der Waals surface area contributed by atoms with Gasteiger partial charge in [-0.1, -0.05) is 0 Å². The summed E-state index contributed by atoms with van der Waals surface area (Å²) in [6, 6.07) is 3.94. The van der Waals surface area contributed by atoms with Gasteiger partial charge in [-0.3, -0.25) is 4.57 Å². The molecule has 0 saturated carbocycles. The zero-order chi connectivity index (χ0) is 12.0. The summed E-state index contributed by atoms with van der Waals surface area (Å²) in [5.41, 5.74) is 8.91. The van der Waals surface area contributed by atoms with Crippen molar-refractivity contribution in [1.29, 1.82) is 0 Å². The Morgan fingerprint density at radius 3 is 2.88 bits per heavy atom.